The second-order valence-electron chi connectivity index (χ2n) is 9.33. The van der Waals surface area contributed by atoms with Gasteiger partial charge in [-0.3, -0.25) is 0 Å². The van der Waals surface area contributed by atoms with Crippen LogP contribution in [0.1, 0.15) is 41.3 Å². The molecule has 1 aromatic carbocycles. The minimum atomic E-state index is -4.52. The highest BCUT2D eigenvalue weighted by atomic mass is 19.4. The van der Waals surface area contributed by atoms with E-state index in [0.717, 1.165) is 36.4 Å². The smallest absolute Gasteiger partial charge is 0.434 e. The van der Waals surface area contributed by atoms with E-state index in [1.807, 2.05) is 0 Å². The number of imidazole rings is 1. The van der Waals surface area contributed by atoms with Gasteiger partial charge in [0.2, 0.25) is 5.88 Å². The molecule has 9 nitrogen and oxygen atoms in total. The number of methoxy groups -OCH3 is 1. The maximum absolute atomic E-state index is 13.1. The Morgan fingerprint density at radius 3 is 2.52 bits per heavy atom. The van der Waals surface area contributed by atoms with Gasteiger partial charge in [0.25, 0.3) is 0 Å². The number of ether oxygens (including phenoxy) is 1. The second-order valence-corrected chi connectivity index (χ2v) is 9.33. The van der Waals surface area contributed by atoms with E-state index in [1.165, 1.54) is 31.1 Å². The molecule has 0 aliphatic heterocycles. The summed E-state index contributed by atoms with van der Waals surface area (Å²) in [4.78, 5) is 28.4. The quantitative estimate of drug-likeness (QED) is 0.261. The molecule has 1 fully saturated rings. The molecule has 0 amide bonds. The van der Waals surface area contributed by atoms with E-state index >= 15 is 0 Å². The van der Waals surface area contributed by atoms with E-state index in [2.05, 4.69) is 20.3 Å². The zero-order chi connectivity index (χ0) is 28.4. The van der Waals surface area contributed by atoms with Crippen molar-refractivity contribution in [1.82, 2.24) is 24.5 Å². The number of nitrogens with one attached hydrogen (secondary N) is 1. The van der Waals surface area contributed by atoms with E-state index in [1.54, 1.807) is 36.4 Å². The molecule has 0 atom stereocenters. The van der Waals surface area contributed by atoms with Crippen LogP contribution in [-0.2, 0) is 24.6 Å². The summed E-state index contributed by atoms with van der Waals surface area (Å²) in [7, 11) is 3.05. The topological polar surface area (TPSA) is 115 Å². The average Bonchev–Trinajstić information content (AvgIpc) is 3.70. The summed E-state index contributed by atoms with van der Waals surface area (Å²) in [6.45, 7) is 0.316. The third-order valence-electron chi connectivity index (χ3n) is 6.43. The van der Waals surface area contributed by atoms with Crippen molar-refractivity contribution in [3.8, 4) is 28.5 Å². The minimum absolute atomic E-state index is 0.202. The number of pyridine rings is 1. The third kappa shape index (κ3) is 5.80. The van der Waals surface area contributed by atoms with Gasteiger partial charge in [0.15, 0.2) is 5.69 Å². The van der Waals surface area contributed by atoms with Crippen molar-refractivity contribution in [2.75, 3.05) is 12.4 Å². The van der Waals surface area contributed by atoms with Crippen molar-refractivity contribution in [3.05, 3.63) is 77.5 Å². The molecule has 0 spiro atoms. The molecule has 40 heavy (non-hydrogen) atoms. The first-order valence-corrected chi connectivity index (χ1v) is 12.4. The highest BCUT2D eigenvalue weighted by molar-refractivity contribution is 5.87. The average molecular weight is 551 g/mol. The molecule has 3 heterocycles. The molecule has 0 unspecified atom stereocenters. The van der Waals surface area contributed by atoms with Crippen LogP contribution in [0.3, 0.4) is 0 Å². The van der Waals surface area contributed by atoms with Crippen LogP contribution in [0.5, 0.6) is 5.88 Å². The maximum atomic E-state index is 13.1. The molecule has 1 aliphatic rings. The van der Waals surface area contributed by atoms with Crippen LogP contribution >= 0.6 is 0 Å². The minimum Gasteiger partial charge on any atom is -0.480 e. The lowest BCUT2D eigenvalue weighted by atomic mass is 10.1. The van der Waals surface area contributed by atoms with Gasteiger partial charge in [-0.15, -0.1) is 0 Å². The normalized spacial score (nSPS) is 13.5. The van der Waals surface area contributed by atoms with Gasteiger partial charge in [0.1, 0.15) is 18.0 Å². The predicted octanol–water partition coefficient (Wildman–Crippen LogP) is 5.55. The number of rotatable bonds is 9. The number of hydrogen-bond donors (Lipinski definition) is 2. The van der Waals surface area contributed by atoms with Crippen molar-refractivity contribution in [2.24, 2.45) is 7.05 Å². The van der Waals surface area contributed by atoms with Crippen LogP contribution in [0.15, 0.2) is 55.0 Å². The Kier molecular flexibility index (Phi) is 7.24. The summed E-state index contributed by atoms with van der Waals surface area (Å²) in [5, 5.41) is 12.4. The number of carboxylic acid groups (broad SMARTS) is 1. The molecular weight excluding hydrogens is 525 g/mol. The number of aryl methyl sites for hydroxylation is 1. The zero-order valence-corrected chi connectivity index (χ0v) is 21.6. The number of aliphatic carboxylic acids is 1. The second kappa shape index (κ2) is 10.8. The standard InChI is InChI=1S/C28H25F3N6O3/c1-37-14-21(28(29,30)31)36-26(37)19-5-3-16(4-6-19)13-32-25-18(10-12-22(38)39)9-11-20(35-25)23-24(17-7-8-17)33-15-34-27(23)40-2/h3-6,9-12,14-15,17H,7-8,13H2,1-2H3,(H,32,35)(H,38,39)/b12-10+. The summed E-state index contributed by atoms with van der Waals surface area (Å²) in [6, 6.07) is 10.5. The lowest BCUT2D eigenvalue weighted by molar-refractivity contribution is -0.141. The number of anilines is 1. The molecule has 1 saturated carbocycles. The first-order chi connectivity index (χ1) is 19.1. The number of carbonyl (C=O) groups is 1. The van der Waals surface area contributed by atoms with Gasteiger partial charge in [0, 0.05) is 42.9 Å². The van der Waals surface area contributed by atoms with E-state index in [0.29, 0.717) is 46.5 Å². The first kappa shape index (κ1) is 26.9. The van der Waals surface area contributed by atoms with E-state index in [4.69, 9.17) is 14.8 Å². The Bertz CT molecular complexity index is 1580. The zero-order valence-electron chi connectivity index (χ0n) is 21.6. The molecule has 3 aromatic heterocycles. The van der Waals surface area contributed by atoms with Crippen LogP contribution < -0.4 is 10.1 Å². The van der Waals surface area contributed by atoms with Crippen molar-refractivity contribution in [2.45, 2.75) is 31.5 Å². The maximum Gasteiger partial charge on any atom is 0.434 e. The Morgan fingerprint density at radius 2 is 1.90 bits per heavy atom. The van der Waals surface area contributed by atoms with Gasteiger partial charge in [0.05, 0.1) is 24.1 Å². The summed E-state index contributed by atoms with van der Waals surface area (Å²) in [6.07, 6.45) is 2.41. The summed E-state index contributed by atoms with van der Waals surface area (Å²) >= 11 is 0. The largest absolute Gasteiger partial charge is 0.480 e. The van der Waals surface area contributed by atoms with Gasteiger partial charge in [-0.25, -0.2) is 24.7 Å². The number of carboxylic acids is 1. The summed E-state index contributed by atoms with van der Waals surface area (Å²) < 4.78 is 46.0. The third-order valence-corrected chi connectivity index (χ3v) is 6.43. The Balaban J connectivity index is 1.43. The number of nitrogens with zero attached hydrogens (tertiary/aromatic N) is 5. The Labute approximate surface area is 227 Å². The molecule has 1 aliphatic carbocycles. The number of benzene rings is 1. The molecule has 5 rings (SSSR count). The van der Waals surface area contributed by atoms with Crippen molar-refractivity contribution >= 4 is 17.9 Å². The van der Waals surface area contributed by atoms with E-state index < -0.39 is 17.8 Å². The number of alkyl halides is 3. The number of halogens is 3. The van der Waals surface area contributed by atoms with E-state index in [9.17, 15) is 18.0 Å². The summed E-state index contributed by atoms with van der Waals surface area (Å²) in [5.74, 6) is 0.255. The van der Waals surface area contributed by atoms with Crippen LogP contribution in [0.25, 0.3) is 28.7 Å². The highest BCUT2D eigenvalue weighted by Gasteiger charge is 2.34. The van der Waals surface area contributed by atoms with Crippen LogP contribution in [0.2, 0.25) is 0 Å². The van der Waals surface area contributed by atoms with E-state index in [-0.39, 0.29) is 5.82 Å². The Morgan fingerprint density at radius 1 is 1.15 bits per heavy atom. The molecule has 0 bridgehead atoms. The molecule has 0 radical (unpaired) electrons. The molecule has 206 valence electrons. The van der Waals surface area contributed by atoms with Gasteiger partial charge in [-0.05, 0) is 36.6 Å². The van der Waals surface area contributed by atoms with Gasteiger partial charge >= 0.3 is 12.1 Å². The fourth-order valence-corrected chi connectivity index (χ4v) is 4.32. The summed E-state index contributed by atoms with van der Waals surface area (Å²) in [5.41, 5.74) is 3.11. The Hall–Kier alpha value is -4.74. The van der Waals surface area contributed by atoms with Gasteiger partial charge < -0.3 is 19.7 Å². The SMILES string of the molecule is COc1ncnc(C2CC2)c1-c1ccc(/C=C/C(=O)O)c(NCc2ccc(-c3nc(C(F)(F)F)cn3C)cc2)n1. The fourth-order valence-electron chi connectivity index (χ4n) is 4.32. The molecular formula is C28H25F3N6O3. The van der Waals surface area contributed by atoms with Crippen LogP contribution in [0.4, 0.5) is 19.0 Å². The molecule has 4 aromatic rings. The van der Waals surface area contributed by atoms with Crippen LogP contribution in [0, 0.1) is 0 Å². The monoisotopic (exact) mass is 550 g/mol. The first-order valence-electron chi connectivity index (χ1n) is 12.4. The van der Waals surface area contributed by atoms with Crippen molar-refractivity contribution in [3.63, 3.8) is 0 Å². The van der Waals surface area contributed by atoms with Gasteiger partial charge in [-0.1, -0.05) is 24.3 Å². The lowest BCUT2D eigenvalue weighted by Gasteiger charge is -2.15. The van der Waals surface area contributed by atoms with Gasteiger partial charge in [-0.2, -0.15) is 13.2 Å². The van der Waals surface area contributed by atoms with Crippen LogP contribution in [-0.4, -0.2) is 42.7 Å². The van der Waals surface area contributed by atoms with Crippen molar-refractivity contribution in [1.29, 1.82) is 0 Å². The molecule has 2 N–H and O–H groups in total. The number of aromatic nitrogens is 5. The molecule has 0 saturated heterocycles. The number of hydrogen-bond acceptors (Lipinski definition) is 7. The predicted molar refractivity (Wildman–Crippen MR) is 141 cm³/mol. The lowest BCUT2D eigenvalue weighted by Crippen LogP contribution is -2.06. The molecule has 12 heteroatoms. The fraction of sp³-hybridized carbons (Fsp3) is 0.250. The van der Waals surface area contributed by atoms with Crippen molar-refractivity contribution < 1.29 is 27.8 Å². The highest BCUT2D eigenvalue weighted by Crippen LogP contribution is 2.45.